The lowest BCUT2D eigenvalue weighted by Crippen LogP contribution is -2.54. The molecule has 0 aromatic heterocycles. The Morgan fingerprint density at radius 1 is 1.50 bits per heavy atom. The third-order valence-electron chi connectivity index (χ3n) is 3.01. The van der Waals surface area contributed by atoms with Crippen LogP contribution in [0.25, 0.3) is 0 Å². The van der Waals surface area contributed by atoms with Gasteiger partial charge in [-0.05, 0) is 33.2 Å². The molecule has 1 N–H and O–H groups in total. The lowest BCUT2D eigenvalue weighted by atomic mass is 10.0. The Morgan fingerprint density at radius 3 is 2.83 bits per heavy atom. The second-order valence-electron chi connectivity index (χ2n) is 4.73. The van der Waals surface area contributed by atoms with Crippen LogP contribution < -0.4 is 5.32 Å². The number of nitrogens with one attached hydrogen (secondary N) is 1. The minimum atomic E-state index is -0.774. The summed E-state index contributed by atoms with van der Waals surface area (Å²) in [6.45, 7) is 8.31. The summed E-state index contributed by atoms with van der Waals surface area (Å²) >= 11 is 0. The van der Waals surface area contributed by atoms with E-state index < -0.39 is 5.54 Å². The molecule has 1 aliphatic heterocycles. The first-order valence-electron chi connectivity index (χ1n) is 6.74. The zero-order chi connectivity index (χ0) is 13.4. The van der Waals surface area contributed by atoms with Crippen molar-refractivity contribution in [3.05, 3.63) is 0 Å². The molecule has 1 aliphatic rings. The molecular formula is C13H25NO4. The Hall–Kier alpha value is -0.650. The second kappa shape index (κ2) is 7.71. The third kappa shape index (κ3) is 4.55. The number of hydrogen-bond donors (Lipinski definition) is 1. The molecule has 0 bridgehead atoms. The summed E-state index contributed by atoms with van der Waals surface area (Å²) in [6, 6.07) is 0. The predicted octanol–water partition coefficient (Wildman–Crippen LogP) is 1.11. The molecule has 0 aromatic rings. The van der Waals surface area contributed by atoms with Gasteiger partial charge in [-0.2, -0.15) is 0 Å². The fourth-order valence-electron chi connectivity index (χ4n) is 2.03. The van der Waals surface area contributed by atoms with Gasteiger partial charge in [0, 0.05) is 6.61 Å². The van der Waals surface area contributed by atoms with Crippen LogP contribution in [0.4, 0.5) is 0 Å². The highest BCUT2D eigenvalue weighted by Gasteiger charge is 2.34. The molecule has 0 aliphatic carbocycles. The van der Waals surface area contributed by atoms with Crippen molar-refractivity contribution in [3.8, 4) is 0 Å². The molecule has 0 saturated carbocycles. The lowest BCUT2D eigenvalue weighted by molar-refractivity contribution is -0.153. The van der Waals surface area contributed by atoms with Crippen LogP contribution in [-0.4, -0.2) is 50.6 Å². The van der Waals surface area contributed by atoms with Crippen LogP contribution >= 0.6 is 0 Å². The zero-order valence-corrected chi connectivity index (χ0v) is 11.7. The maximum Gasteiger partial charge on any atom is 0.328 e. The van der Waals surface area contributed by atoms with Crippen molar-refractivity contribution in [2.45, 2.75) is 45.3 Å². The molecule has 1 saturated heterocycles. The first-order valence-corrected chi connectivity index (χ1v) is 6.74. The highest BCUT2D eigenvalue weighted by atomic mass is 16.5. The maximum atomic E-state index is 11.9. The number of ether oxygens (including phenoxy) is 3. The SMILES string of the molecule is CCNC(C)(COCC1CCCO1)C(=O)OCC. The van der Waals surface area contributed by atoms with E-state index >= 15 is 0 Å². The van der Waals surface area contributed by atoms with Gasteiger partial charge in [0.2, 0.25) is 0 Å². The summed E-state index contributed by atoms with van der Waals surface area (Å²) in [5.41, 5.74) is -0.774. The van der Waals surface area contributed by atoms with Gasteiger partial charge in [0.15, 0.2) is 0 Å². The average molecular weight is 259 g/mol. The van der Waals surface area contributed by atoms with Gasteiger partial charge in [0.1, 0.15) is 5.54 Å². The van der Waals surface area contributed by atoms with Crippen molar-refractivity contribution >= 4 is 5.97 Å². The number of likely N-dealkylation sites (N-methyl/N-ethyl adjacent to an activating group) is 1. The monoisotopic (exact) mass is 259 g/mol. The van der Waals surface area contributed by atoms with E-state index in [1.807, 2.05) is 13.8 Å². The van der Waals surface area contributed by atoms with Crippen molar-refractivity contribution in [3.63, 3.8) is 0 Å². The first kappa shape index (κ1) is 15.4. The number of rotatable bonds is 8. The van der Waals surface area contributed by atoms with E-state index in [1.54, 1.807) is 6.92 Å². The van der Waals surface area contributed by atoms with Gasteiger partial charge in [0.25, 0.3) is 0 Å². The molecular weight excluding hydrogens is 234 g/mol. The molecule has 5 heteroatoms. The Kier molecular flexibility index (Phi) is 6.60. The summed E-state index contributed by atoms with van der Waals surface area (Å²) in [5, 5.41) is 3.13. The molecule has 1 fully saturated rings. The van der Waals surface area contributed by atoms with Crippen LogP contribution in [0.2, 0.25) is 0 Å². The van der Waals surface area contributed by atoms with Crippen molar-refractivity contribution < 1.29 is 19.0 Å². The van der Waals surface area contributed by atoms with E-state index in [0.717, 1.165) is 19.4 Å². The summed E-state index contributed by atoms with van der Waals surface area (Å²) in [5.74, 6) is -0.265. The Labute approximate surface area is 109 Å². The van der Waals surface area contributed by atoms with E-state index in [0.29, 0.717) is 26.4 Å². The minimum absolute atomic E-state index is 0.179. The van der Waals surface area contributed by atoms with Gasteiger partial charge in [-0.15, -0.1) is 0 Å². The van der Waals surface area contributed by atoms with Crippen LogP contribution in [0.1, 0.15) is 33.6 Å². The standard InChI is InChI=1S/C13H25NO4/c1-4-14-13(3,12(15)17-5-2)10-16-9-11-7-6-8-18-11/h11,14H,4-10H2,1-3H3. The topological polar surface area (TPSA) is 56.8 Å². The Morgan fingerprint density at radius 2 is 2.28 bits per heavy atom. The zero-order valence-electron chi connectivity index (χ0n) is 11.7. The summed E-state index contributed by atoms with van der Waals surface area (Å²) in [6.07, 6.45) is 2.31. The lowest BCUT2D eigenvalue weighted by Gasteiger charge is -2.28. The van der Waals surface area contributed by atoms with E-state index in [2.05, 4.69) is 5.32 Å². The van der Waals surface area contributed by atoms with E-state index in [1.165, 1.54) is 0 Å². The molecule has 0 aromatic carbocycles. The van der Waals surface area contributed by atoms with Crippen molar-refractivity contribution in [2.24, 2.45) is 0 Å². The molecule has 106 valence electrons. The summed E-state index contributed by atoms with van der Waals surface area (Å²) < 4.78 is 16.2. The molecule has 1 heterocycles. The number of carbonyl (C=O) groups excluding carboxylic acids is 1. The largest absolute Gasteiger partial charge is 0.465 e. The van der Waals surface area contributed by atoms with Crippen LogP contribution in [0.3, 0.4) is 0 Å². The normalized spacial score (nSPS) is 22.7. The number of carbonyl (C=O) groups is 1. The summed E-state index contributed by atoms with van der Waals surface area (Å²) in [4.78, 5) is 11.9. The third-order valence-corrected chi connectivity index (χ3v) is 3.01. The second-order valence-corrected chi connectivity index (χ2v) is 4.73. The van der Waals surface area contributed by atoms with Crippen LogP contribution in [0, 0.1) is 0 Å². The Bertz CT molecular complexity index is 253. The highest BCUT2D eigenvalue weighted by Crippen LogP contribution is 2.14. The van der Waals surface area contributed by atoms with Gasteiger partial charge in [-0.1, -0.05) is 6.92 Å². The quantitative estimate of drug-likeness (QED) is 0.662. The van der Waals surface area contributed by atoms with Crippen molar-refractivity contribution in [2.75, 3.05) is 33.0 Å². The molecule has 0 spiro atoms. The smallest absolute Gasteiger partial charge is 0.328 e. The van der Waals surface area contributed by atoms with Crippen molar-refractivity contribution in [1.29, 1.82) is 0 Å². The minimum Gasteiger partial charge on any atom is -0.465 e. The average Bonchev–Trinajstić information content (AvgIpc) is 2.83. The van der Waals surface area contributed by atoms with Crippen LogP contribution in [0.15, 0.2) is 0 Å². The number of esters is 1. The van der Waals surface area contributed by atoms with Gasteiger partial charge >= 0.3 is 5.97 Å². The maximum absolute atomic E-state index is 11.9. The van der Waals surface area contributed by atoms with Crippen LogP contribution in [0.5, 0.6) is 0 Å². The highest BCUT2D eigenvalue weighted by molar-refractivity contribution is 5.80. The molecule has 1 rings (SSSR count). The van der Waals surface area contributed by atoms with E-state index in [4.69, 9.17) is 14.2 Å². The molecule has 0 radical (unpaired) electrons. The molecule has 0 amide bonds. The molecule has 2 atom stereocenters. The number of hydrogen-bond acceptors (Lipinski definition) is 5. The van der Waals surface area contributed by atoms with Gasteiger partial charge in [-0.3, -0.25) is 0 Å². The first-order chi connectivity index (χ1) is 8.62. The van der Waals surface area contributed by atoms with E-state index in [9.17, 15) is 4.79 Å². The van der Waals surface area contributed by atoms with Gasteiger partial charge in [-0.25, -0.2) is 4.79 Å². The molecule has 5 nitrogen and oxygen atoms in total. The fraction of sp³-hybridized carbons (Fsp3) is 0.923. The fourth-order valence-corrected chi connectivity index (χ4v) is 2.03. The van der Waals surface area contributed by atoms with Gasteiger partial charge < -0.3 is 19.5 Å². The van der Waals surface area contributed by atoms with Crippen LogP contribution in [-0.2, 0) is 19.0 Å². The summed E-state index contributed by atoms with van der Waals surface area (Å²) in [7, 11) is 0. The predicted molar refractivity (Wildman–Crippen MR) is 68.5 cm³/mol. The van der Waals surface area contributed by atoms with Crippen molar-refractivity contribution in [1.82, 2.24) is 5.32 Å². The Balaban J connectivity index is 2.37. The molecule has 18 heavy (non-hydrogen) atoms. The molecule has 2 unspecified atom stereocenters. The van der Waals surface area contributed by atoms with Gasteiger partial charge in [0.05, 0.1) is 25.9 Å². The van der Waals surface area contributed by atoms with E-state index in [-0.39, 0.29) is 12.1 Å².